The number of fused-ring (bicyclic) bond motifs is 3. The quantitative estimate of drug-likeness (QED) is 0.479. The smallest absolute Gasteiger partial charge is 0.453 e. The molecule has 2 aliphatic rings. The number of anilines is 1. The van der Waals surface area contributed by atoms with Crippen LogP contribution in [0.25, 0.3) is 0 Å². The molecular weight excluding hydrogens is 453 g/mol. The van der Waals surface area contributed by atoms with Gasteiger partial charge in [0.1, 0.15) is 5.75 Å². The van der Waals surface area contributed by atoms with E-state index in [1.54, 1.807) is 0 Å². The highest BCUT2D eigenvalue weighted by Gasteiger charge is 2.36. The highest BCUT2D eigenvalue weighted by molar-refractivity contribution is 6.08. The van der Waals surface area contributed by atoms with Gasteiger partial charge in [0, 0.05) is 23.1 Å². The van der Waals surface area contributed by atoms with E-state index in [1.165, 1.54) is 12.1 Å². The number of oxime groups is 1. The predicted octanol–water partition coefficient (Wildman–Crippen LogP) is 4.33. The number of hydrogen-bond acceptors (Lipinski definition) is 6. The maximum Gasteiger partial charge on any atom is 0.573 e. The lowest BCUT2D eigenvalue weighted by Crippen LogP contribution is -2.23. The van der Waals surface area contributed by atoms with Crippen molar-refractivity contribution >= 4 is 23.3 Å². The maximum atomic E-state index is 12.2. The van der Waals surface area contributed by atoms with Crippen molar-refractivity contribution in [2.75, 3.05) is 18.5 Å². The van der Waals surface area contributed by atoms with Crippen LogP contribution in [0.1, 0.15) is 17.0 Å². The van der Waals surface area contributed by atoms with Gasteiger partial charge in [0.25, 0.3) is 5.91 Å². The molecule has 0 heterocycles. The van der Waals surface area contributed by atoms with Crippen molar-refractivity contribution in [1.29, 1.82) is 0 Å². The van der Waals surface area contributed by atoms with Crippen molar-refractivity contribution in [3.8, 4) is 5.75 Å². The predicted molar refractivity (Wildman–Crippen MR) is 116 cm³/mol. The molecule has 0 fully saturated rings. The molecule has 34 heavy (non-hydrogen) atoms. The zero-order valence-corrected chi connectivity index (χ0v) is 17.6. The molecular formula is C24H19F3N2O5. The average molecular weight is 472 g/mol. The molecule has 1 N–H and O–H groups in total. The van der Waals surface area contributed by atoms with Gasteiger partial charge in [-0.25, -0.2) is 4.79 Å². The first-order chi connectivity index (χ1) is 16.3. The molecule has 1 amide bonds. The highest BCUT2D eigenvalue weighted by Crippen LogP contribution is 2.41. The molecule has 0 unspecified atom stereocenters. The number of carbonyl (C=O) groups excluding carboxylic acids is 2. The van der Waals surface area contributed by atoms with Crippen molar-refractivity contribution in [3.05, 3.63) is 84.0 Å². The van der Waals surface area contributed by atoms with Crippen LogP contribution in [0.2, 0.25) is 0 Å². The zero-order chi connectivity index (χ0) is 24.1. The number of nitrogens with one attached hydrogen (secondary N) is 1. The van der Waals surface area contributed by atoms with E-state index >= 15 is 0 Å². The van der Waals surface area contributed by atoms with E-state index in [2.05, 4.69) is 21.3 Å². The van der Waals surface area contributed by atoms with Gasteiger partial charge in [0.05, 0.1) is 5.71 Å². The highest BCUT2D eigenvalue weighted by atomic mass is 19.4. The number of allylic oxidation sites excluding steroid dienone is 4. The van der Waals surface area contributed by atoms with E-state index < -0.39 is 37.2 Å². The van der Waals surface area contributed by atoms with Gasteiger partial charge in [0.15, 0.2) is 6.61 Å². The summed E-state index contributed by atoms with van der Waals surface area (Å²) in [5.41, 5.74) is 3.01. The van der Waals surface area contributed by atoms with Gasteiger partial charge in [-0.15, -0.1) is 13.2 Å². The van der Waals surface area contributed by atoms with E-state index in [0.717, 1.165) is 23.3 Å². The van der Waals surface area contributed by atoms with Crippen LogP contribution in [-0.4, -0.2) is 37.2 Å². The molecule has 0 aliphatic heterocycles. The fourth-order valence-corrected chi connectivity index (χ4v) is 3.76. The molecule has 0 saturated heterocycles. The van der Waals surface area contributed by atoms with Gasteiger partial charge in [-0.2, -0.15) is 0 Å². The third-order valence-corrected chi connectivity index (χ3v) is 5.13. The normalized spacial score (nSPS) is 19.3. The lowest BCUT2D eigenvalue weighted by atomic mass is 9.88. The molecule has 2 aromatic carbocycles. The summed E-state index contributed by atoms with van der Waals surface area (Å²) in [5.74, 6) is -1.72. The fraction of sp³-hybridized carbons (Fsp3) is 0.208. The molecule has 0 radical (unpaired) electrons. The number of rotatable bonds is 7. The van der Waals surface area contributed by atoms with Gasteiger partial charge >= 0.3 is 12.3 Å². The van der Waals surface area contributed by atoms with Crippen molar-refractivity contribution < 1.29 is 37.1 Å². The summed E-state index contributed by atoms with van der Waals surface area (Å²) >= 11 is 0. The number of hydrogen-bond donors (Lipinski definition) is 1. The first-order valence-corrected chi connectivity index (χ1v) is 10.3. The Hall–Kier alpha value is -4.08. The number of ether oxygens (including phenoxy) is 2. The largest absolute Gasteiger partial charge is 0.573 e. The third kappa shape index (κ3) is 5.64. The molecule has 2 aliphatic carbocycles. The standard InChI is InChI=1S/C24H19F3N2O5/c25-24(26,27)34-16-11-9-15(10-12-16)28-21(30)13-32-22(31)14-33-29-23-19-7-3-1-5-17(19)18-6-2-4-8-20(18)23/h1-12,17,19H,13-14H2,(H,28,30)/b29-23+/t17-,19+/m1/s1. The number of halogens is 3. The van der Waals surface area contributed by atoms with Crippen LogP contribution in [0.4, 0.5) is 18.9 Å². The number of esters is 1. The third-order valence-electron chi connectivity index (χ3n) is 5.13. The lowest BCUT2D eigenvalue weighted by Gasteiger charge is -2.15. The topological polar surface area (TPSA) is 86.2 Å². The monoisotopic (exact) mass is 472 g/mol. The number of carbonyl (C=O) groups is 2. The Kier molecular flexibility index (Phi) is 6.67. The molecule has 0 bridgehead atoms. The maximum absolute atomic E-state index is 12.2. The number of benzene rings is 2. The average Bonchev–Trinajstić information content (AvgIpc) is 3.12. The second-order valence-electron chi connectivity index (χ2n) is 7.44. The van der Waals surface area contributed by atoms with Gasteiger partial charge in [-0.3, -0.25) is 4.79 Å². The van der Waals surface area contributed by atoms with Gasteiger partial charge < -0.3 is 19.6 Å². The Morgan fingerprint density at radius 2 is 1.65 bits per heavy atom. The minimum Gasteiger partial charge on any atom is -0.453 e. The van der Waals surface area contributed by atoms with Crippen LogP contribution in [0.3, 0.4) is 0 Å². The first kappa shape index (κ1) is 23.1. The first-order valence-electron chi connectivity index (χ1n) is 10.3. The van der Waals surface area contributed by atoms with Crippen LogP contribution in [0.5, 0.6) is 5.75 Å². The Morgan fingerprint density at radius 1 is 0.941 bits per heavy atom. The Morgan fingerprint density at radius 3 is 2.38 bits per heavy atom. The summed E-state index contributed by atoms with van der Waals surface area (Å²) < 4.78 is 45.2. The minimum absolute atomic E-state index is 0.0112. The lowest BCUT2D eigenvalue weighted by molar-refractivity contribution is -0.274. The molecule has 10 heteroatoms. The molecule has 4 rings (SSSR count). The van der Waals surface area contributed by atoms with E-state index in [1.807, 2.05) is 42.5 Å². The SMILES string of the molecule is O=C(COC(=O)CO/N=C1/c2ccccc2[C@H]2C=CC=C[C@H]12)Nc1ccc(OC(F)(F)F)cc1. The van der Waals surface area contributed by atoms with E-state index in [9.17, 15) is 22.8 Å². The van der Waals surface area contributed by atoms with Crippen LogP contribution in [0, 0.1) is 5.92 Å². The molecule has 2 atom stereocenters. The van der Waals surface area contributed by atoms with Crippen molar-refractivity contribution in [3.63, 3.8) is 0 Å². The van der Waals surface area contributed by atoms with Gasteiger partial charge in [-0.1, -0.05) is 53.7 Å². The molecule has 0 spiro atoms. The van der Waals surface area contributed by atoms with Crippen LogP contribution in [0.15, 0.2) is 78.0 Å². The van der Waals surface area contributed by atoms with Crippen molar-refractivity contribution in [1.82, 2.24) is 0 Å². The summed E-state index contributed by atoms with van der Waals surface area (Å²) in [7, 11) is 0. The van der Waals surface area contributed by atoms with Gasteiger partial charge in [-0.05, 0) is 29.8 Å². The summed E-state index contributed by atoms with van der Waals surface area (Å²) in [5, 5.41) is 6.55. The van der Waals surface area contributed by atoms with Crippen LogP contribution in [-0.2, 0) is 19.2 Å². The van der Waals surface area contributed by atoms with E-state index in [4.69, 9.17) is 9.57 Å². The minimum atomic E-state index is -4.81. The fourth-order valence-electron chi connectivity index (χ4n) is 3.76. The number of alkyl halides is 3. The Balaban J connectivity index is 1.25. The second kappa shape index (κ2) is 9.82. The van der Waals surface area contributed by atoms with E-state index in [-0.39, 0.29) is 17.5 Å². The zero-order valence-electron chi connectivity index (χ0n) is 17.6. The molecule has 7 nitrogen and oxygen atoms in total. The second-order valence-corrected chi connectivity index (χ2v) is 7.44. The summed E-state index contributed by atoms with van der Waals surface area (Å²) in [6.45, 7) is -1.08. The summed E-state index contributed by atoms with van der Waals surface area (Å²) in [4.78, 5) is 29.1. The van der Waals surface area contributed by atoms with Crippen molar-refractivity contribution in [2.24, 2.45) is 11.1 Å². The van der Waals surface area contributed by atoms with Crippen molar-refractivity contribution in [2.45, 2.75) is 12.3 Å². The van der Waals surface area contributed by atoms with Crippen LogP contribution < -0.4 is 10.1 Å². The molecule has 2 aromatic rings. The van der Waals surface area contributed by atoms with Gasteiger partial charge in [0.2, 0.25) is 6.61 Å². The molecule has 0 saturated carbocycles. The summed E-state index contributed by atoms with van der Waals surface area (Å²) in [6, 6.07) is 12.4. The molecule has 176 valence electrons. The van der Waals surface area contributed by atoms with E-state index in [0.29, 0.717) is 5.71 Å². The summed E-state index contributed by atoms with van der Waals surface area (Å²) in [6.07, 6.45) is 3.23. The molecule has 0 aromatic heterocycles. The Labute approximate surface area is 192 Å². The Bertz CT molecular complexity index is 1160. The number of nitrogens with zero attached hydrogens (tertiary/aromatic N) is 1. The van der Waals surface area contributed by atoms with Crippen LogP contribution >= 0.6 is 0 Å². The number of amides is 1.